The van der Waals surface area contributed by atoms with Gasteiger partial charge in [0.1, 0.15) is 5.52 Å². The van der Waals surface area contributed by atoms with Crippen LogP contribution in [0.15, 0.2) is 59.0 Å². The number of nitrogens with zero attached hydrogens (tertiary/aromatic N) is 1. The molecule has 1 heterocycles. The molecule has 2 aromatic carbocycles. The molecule has 2 atom stereocenters. The molecule has 4 heteroatoms. The predicted molar refractivity (Wildman–Crippen MR) is 96.7 cm³/mol. The number of oxazole rings is 1. The molecule has 0 aliphatic heterocycles. The Morgan fingerprint density at radius 3 is 2.80 bits per heavy atom. The van der Waals surface area contributed by atoms with Gasteiger partial charge in [-0.25, -0.2) is 4.98 Å². The van der Waals surface area contributed by atoms with E-state index in [4.69, 9.17) is 9.15 Å². The van der Waals surface area contributed by atoms with Crippen LogP contribution in [0.1, 0.15) is 18.9 Å². The van der Waals surface area contributed by atoms with E-state index < -0.39 is 0 Å². The zero-order valence-electron chi connectivity index (χ0n) is 14.0. The average Bonchev–Trinajstić information content (AvgIpc) is 3.29. The summed E-state index contributed by atoms with van der Waals surface area (Å²) in [6, 6.07) is 15.8. The molecule has 25 heavy (non-hydrogen) atoms. The van der Waals surface area contributed by atoms with Crippen LogP contribution in [0.25, 0.3) is 28.6 Å². The first kappa shape index (κ1) is 15.6. The quantitative estimate of drug-likeness (QED) is 0.635. The number of esters is 1. The molecule has 0 radical (unpaired) electrons. The molecule has 0 bridgehead atoms. The Labute approximate surface area is 146 Å². The van der Waals surface area contributed by atoms with Crippen LogP contribution in [0.5, 0.6) is 0 Å². The molecule has 1 aliphatic carbocycles. The Balaban J connectivity index is 1.44. The number of ether oxygens (including phenoxy) is 1. The highest BCUT2D eigenvalue weighted by molar-refractivity contribution is 5.77. The number of carbonyl (C=O) groups is 1. The van der Waals surface area contributed by atoms with Crippen molar-refractivity contribution in [2.75, 3.05) is 6.61 Å². The highest BCUT2D eigenvalue weighted by atomic mass is 16.5. The highest BCUT2D eigenvalue weighted by Crippen LogP contribution is 2.41. The van der Waals surface area contributed by atoms with Crippen molar-refractivity contribution >= 4 is 23.1 Å². The first-order valence-electron chi connectivity index (χ1n) is 8.55. The maximum atomic E-state index is 11.6. The molecule has 0 unspecified atom stereocenters. The summed E-state index contributed by atoms with van der Waals surface area (Å²) in [7, 11) is 0. The minimum Gasteiger partial charge on any atom is -0.466 e. The fraction of sp³-hybridized carbons (Fsp3) is 0.238. The van der Waals surface area contributed by atoms with E-state index >= 15 is 0 Å². The molecule has 1 aromatic heterocycles. The first-order chi connectivity index (χ1) is 12.2. The second-order valence-electron chi connectivity index (χ2n) is 6.23. The molecule has 1 aliphatic rings. The van der Waals surface area contributed by atoms with Gasteiger partial charge >= 0.3 is 5.97 Å². The summed E-state index contributed by atoms with van der Waals surface area (Å²) in [6.45, 7) is 2.28. The van der Waals surface area contributed by atoms with E-state index in [1.807, 2.05) is 55.5 Å². The number of carbonyl (C=O) groups excluding carboxylic acids is 1. The van der Waals surface area contributed by atoms with Crippen molar-refractivity contribution in [1.82, 2.24) is 4.98 Å². The van der Waals surface area contributed by atoms with Crippen LogP contribution in [-0.2, 0) is 9.53 Å². The second kappa shape index (κ2) is 6.55. The van der Waals surface area contributed by atoms with Gasteiger partial charge in [-0.15, -0.1) is 0 Å². The Morgan fingerprint density at radius 2 is 2.04 bits per heavy atom. The maximum absolute atomic E-state index is 11.6. The van der Waals surface area contributed by atoms with Gasteiger partial charge in [-0.3, -0.25) is 4.79 Å². The lowest BCUT2D eigenvalue weighted by atomic mass is 10.1. The minimum absolute atomic E-state index is 0.0372. The zero-order chi connectivity index (χ0) is 17.2. The zero-order valence-corrected chi connectivity index (χ0v) is 14.0. The van der Waals surface area contributed by atoms with Crippen molar-refractivity contribution in [2.24, 2.45) is 11.8 Å². The van der Waals surface area contributed by atoms with Crippen LogP contribution >= 0.6 is 0 Å². The number of aromatic nitrogens is 1. The second-order valence-corrected chi connectivity index (χ2v) is 6.23. The molecule has 0 N–H and O–H groups in total. The summed E-state index contributed by atoms with van der Waals surface area (Å²) >= 11 is 0. The van der Waals surface area contributed by atoms with Gasteiger partial charge in [0.2, 0.25) is 5.89 Å². The minimum atomic E-state index is -0.0801. The third-order valence-electron chi connectivity index (χ3n) is 4.42. The number of benzene rings is 2. The van der Waals surface area contributed by atoms with Crippen molar-refractivity contribution in [2.45, 2.75) is 13.3 Å². The SMILES string of the molecule is CCOC(=O)[C@@H]1C[C@H]1C=Cc1ccc(-c2nc3ccccc3o2)cc1. The van der Waals surface area contributed by atoms with Crippen LogP contribution in [-0.4, -0.2) is 17.6 Å². The van der Waals surface area contributed by atoms with E-state index in [9.17, 15) is 4.79 Å². The third-order valence-corrected chi connectivity index (χ3v) is 4.42. The van der Waals surface area contributed by atoms with Crippen molar-refractivity contribution in [1.29, 1.82) is 0 Å². The fourth-order valence-electron chi connectivity index (χ4n) is 2.91. The molecule has 0 amide bonds. The number of fused-ring (bicyclic) bond motifs is 1. The van der Waals surface area contributed by atoms with Gasteiger partial charge in [0.25, 0.3) is 0 Å². The summed E-state index contributed by atoms with van der Waals surface area (Å²) in [5.41, 5.74) is 3.69. The Hall–Kier alpha value is -2.88. The van der Waals surface area contributed by atoms with Crippen molar-refractivity contribution < 1.29 is 13.9 Å². The monoisotopic (exact) mass is 333 g/mol. The largest absolute Gasteiger partial charge is 0.466 e. The first-order valence-corrected chi connectivity index (χ1v) is 8.55. The van der Waals surface area contributed by atoms with E-state index in [2.05, 4.69) is 17.1 Å². The summed E-state index contributed by atoms with van der Waals surface area (Å²) in [6.07, 6.45) is 5.03. The van der Waals surface area contributed by atoms with E-state index in [0.29, 0.717) is 18.4 Å². The molecule has 4 nitrogen and oxygen atoms in total. The summed E-state index contributed by atoms with van der Waals surface area (Å²) in [4.78, 5) is 16.1. The van der Waals surface area contributed by atoms with Crippen LogP contribution in [0.4, 0.5) is 0 Å². The lowest BCUT2D eigenvalue weighted by molar-refractivity contribution is -0.144. The molecule has 0 saturated heterocycles. The van der Waals surface area contributed by atoms with Crippen LogP contribution in [0.3, 0.4) is 0 Å². The molecule has 3 aromatic rings. The number of rotatable bonds is 5. The van der Waals surface area contributed by atoms with Gasteiger partial charge in [0.05, 0.1) is 12.5 Å². The third kappa shape index (κ3) is 3.33. The van der Waals surface area contributed by atoms with Gasteiger partial charge in [0.15, 0.2) is 5.58 Å². The van der Waals surface area contributed by atoms with Gasteiger partial charge in [-0.05, 0) is 49.1 Å². The topological polar surface area (TPSA) is 52.3 Å². The van der Waals surface area contributed by atoms with Gasteiger partial charge in [-0.2, -0.15) is 0 Å². The summed E-state index contributed by atoms with van der Waals surface area (Å²) in [5.74, 6) is 0.885. The Kier molecular flexibility index (Phi) is 4.10. The molecule has 126 valence electrons. The van der Waals surface area contributed by atoms with E-state index in [0.717, 1.165) is 28.6 Å². The normalized spacial score (nSPS) is 19.4. The van der Waals surface area contributed by atoms with Crippen LogP contribution in [0.2, 0.25) is 0 Å². The molecular formula is C21H19NO3. The lowest BCUT2D eigenvalue weighted by Crippen LogP contribution is -2.06. The van der Waals surface area contributed by atoms with E-state index in [1.54, 1.807) is 0 Å². The number of allylic oxidation sites excluding steroid dienone is 1. The van der Waals surface area contributed by atoms with E-state index in [-0.39, 0.29) is 11.9 Å². The van der Waals surface area contributed by atoms with Crippen molar-refractivity contribution in [3.63, 3.8) is 0 Å². The molecular weight excluding hydrogens is 314 g/mol. The average molecular weight is 333 g/mol. The molecule has 1 fully saturated rings. The molecule has 1 saturated carbocycles. The summed E-state index contributed by atoms with van der Waals surface area (Å²) < 4.78 is 10.8. The fourth-order valence-corrected chi connectivity index (χ4v) is 2.91. The van der Waals surface area contributed by atoms with Crippen molar-refractivity contribution in [3.8, 4) is 11.5 Å². The van der Waals surface area contributed by atoms with Crippen LogP contribution < -0.4 is 0 Å². The Morgan fingerprint density at radius 1 is 1.24 bits per heavy atom. The highest BCUT2D eigenvalue weighted by Gasteiger charge is 2.42. The Bertz CT molecular complexity index is 891. The standard InChI is InChI=1S/C21H19NO3/c1-2-24-21(23)17-13-16(17)12-9-14-7-10-15(11-8-14)20-22-18-5-3-4-6-19(18)25-20/h3-12,16-17H,2,13H2,1H3/t16-,17-/m1/s1. The number of hydrogen-bond acceptors (Lipinski definition) is 4. The van der Waals surface area contributed by atoms with Gasteiger partial charge < -0.3 is 9.15 Å². The maximum Gasteiger partial charge on any atom is 0.309 e. The number of para-hydroxylation sites is 2. The van der Waals surface area contributed by atoms with Crippen molar-refractivity contribution in [3.05, 3.63) is 60.2 Å². The lowest BCUT2D eigenvalue weighted by Gasteiger charge is -1.99. The molecule has 0 spiro atoms. The van der Waals surface area contributed by atoms with Crippen LogP contribution in [0, 0.1) is 11.8 Å². The predicted octanol–water partition coefficient (Wildman–Crippen LogP) is 4.71. The number of hydrogen-bond donors (Lipinski definition) is 0. The summed E-state index contributed by atoms with van der Waals surface area (Å²) in [5, 5.41) is 0. The van der Waals surface area contributed by atoms with E-state index in [1.165, 1.54) is 0 Å². The smallest absolute Gasteiger partial charge is 0.309 e. The van der Waals surface area contributed by atoms with Gasteiger partial charge in [0, 0.05) is 5.56 Å². The van der Waals surface area contributed by atoms with Gasteiger partial charge in [-0.1, -0.05) is 36.4 Å². The molecule has 4 rings (SSSR count).